The normalized spacial score (nSPS) is 18.5. The van der Waals surface area contributed by atoms with Gasteiger partial charge >= 0.3 is 0 Å². The van der Waals surface area contributed by atoms with Gasteiger partial charge in [-0.25, -0.2) is 4.98 Å². The number of pyridine rings is 1. The Hall–Kier alpha value is -2.63. The molecule has 118 valence electrons. The van der Waals surface area contributed by atoms with E-state index in [0.717, 1.165) is 48.4 Å². The lowest BCUT2D eigenvalue weighted by Crippen LogP contribution is -2.40. The molecule has 0 aliphatic carbocycles. The molecule has 0 aromatic carbocycles. The van der Waals surface area contributed by atoms with Crippen molar-refractivity contribution in [2.24, 2.45) is 7.05 Å². The van der Waals surface area contributed by atoms with Crippen molar-refractivity contribution in [1.29, 1.82) is 0 Å². The average molecular weight is 309 g/mol. The van der Waals surface area contributed by atoms with Crippen LogP contribution in [0, 0.1) is 0 Å². The van der Waals surface area contributed by atoms with Gasteiger partial charge in [-0.3, -0.25) is 9.89 Å². The highest BCUT2D eigenvalue weighted by atomic mass is 16.2. The first kappa shape index (κ1) is 14.0. The summed E-state index contributed by atoms with van der Waals surface area (Å²) in [6.45, 7) is 1.53. The molecule has 1 aliphatic heterocycles. The van der Waals surface area contributed by atoms with Crippen LogP contribution >= 0.6 is 0 Å². The molecule has 6 nitrogen and oxygen atoms in total. The number of hydrogen-bond donors (Lipinski definition) is 1. The van der Waals surface area contributed by atoms with E-state index in [2.05, 4.69) is 21.2 Å². The Labute approximate surface area is 134 Å². The van der Waals surface area contributed by atoms with E-state index in [0.29, 0.717) is 0 Å². The van der Waals surface area contributed by atoms with Crippen molar-refractivity contribution in [3.05, 3.63) is 48.0 Å². The van der Waals surface area contributed by atoms with E-state index in [4.69, 9.17) is 0 Å². The number of carbonyl (C=O) groups excluding carboxylic acids is 1. The molecule has 1 fully saturated rings. The standard InChI is InChI=1S/C17H19N5O/c1-21-8-3-5-15(21)17(23)22-9-2-4-13(11-22)14-7-6-12-10-18-20-16(12)19-14/h3,5-8,10,13H,2,4,9,11H2,1H3,(H,18,19,20)/t13-/m1/s1. The van der Waals surface area contributed by atoms with Gasteiger partial charge in [0.15, 0.2) is 5.65 Å². The lowest BCUT2D eigenvalue weighted by atomic mass is 9.94. The van der Waals surface area contributed by atoms with Gasteiger partial charge in [0.05, 0.1) is 6.20 Å². The number of nitrogens with one attached hydrogen (secondary N) is 1. The molecule has 0 spiro atoms. The molecule has 0 bridgehead atoms. The maximum Gasteiger partial charge on any atom is 0.270 e. The van der Waals surface area contributed by atoms with Crippen LogP contribution in [-0.2, 0) is 7.05 Å². The van der Waals surface area contributed by atoms with E-state index >= 15 is 0 Å². The third kappa shape index (κ3) is 2.50. The van der Waals surface area contributed by atoms with E-state index in [-0.39, 0.29) is 11.8 Å². The van der Waals surface area contributed by atoms with Gasteiger partial charge in [-0.05, 0) is 37.1 Å². The SMILES string of the molecule is Cn1cccc1C(=O)N1CCC[C@@H](c2ccc3cn[nH]c3n2)C1. The maximum absolute atomic E-state index is 12.7. The van der Waals surface area contributed by atoms with Crippen LogP contribution in [-0.4, -0.2) is 43.6 Å². The number of nitrogens with zero attached hydrogens (tertiary/aromatic N) is 4. The van der Waals surface area contributed by atoms with Crippen LogP contribution in [0.25, 0.3) is 11.0 Å². The van der Waals surface area contributed by atoms with Crippen molar-refractivity contribution in [1.82, 2.24) is 24.6 Å². The molecule has 1 aliphatic rings. The van der Waals surface area contributed by atoms with Crippen LogP contribution in [0.4, 0.5) is 0 Å². The summed E-state index contributed by atoms with van der Waals surface area (Å²) in [6.07, 6.45) is 5.74. The summed E-state index contributed by atoms with van der Waals surface area (Å²) in [7, 11) is 1.91. The highest BCUT2D eigenvalue weighted by Crippen LogP contribution is 2.27. The number of piperidine rings is 1. The minimum absolute atomic E-state index is 0.102. The van der Waals surface area contributed by atoms with Gasteiger partial charge in [0.2, 0.25) is 0 Å². The summed E-state index contributed by atoms with van der Waals surface area (Å²) >= 11 is 0. The van der Waals surface area contributed by atoms with Crippen molar-refractivity contribution in [2.75, 3.05) is 13.1 Å². The molecule has 0 saturated carbocycles. The molecule has 3 aromatic heterocycles. The Bertz CT molecular complexity index is 849. The second kappa shape index (κ2) is 5.53. The number of aryl methyl sites for hydroxylation is 1. The van der Waals surface area contributed by atoms with Crippen LogP contribution in [0.5, 0.6) is 0 Å². The van der Waals surface area contributed by atoms with Crippen molar-refractivity contribution in [3.63, 3.8) is 0 Å². The minimum Gasteiger partial charge on any atom is -0.347 e. The largest absolute Gasteiger partial charge is 0.347 e. The third-order valence-electron chi connectivity index (χ3n) is 4.61. The van der Waals surface area contributed by atoms with E-state index in [1.807, 2.05) is 40.9 Å². The number of aromatic nitrogens is 4. The fraction of sp³-hybridized carbons (Fsp3) is 0.353. The predicted octanol–water partition coefficient (Wildman–Crippen LogP) is 2.32. The monoisotopic (exact) mass is 309 g/mol. The molecule has 3 aromatic rings. The molecular formula is C17H19N5O. The number of fused-ring (bicyclic) bond motifs is 1. The highest BCUT2D eigenvalue weighted by molar-refractivity contribution is 5.92. The van der Waals surface area contributed by atoms with E-state index in [9.17, 15) is 4.79 Å². The zero-order valence-electron chi connectivity index (χ0n) is 13.1. The Balaban J connectivity index is 1.56. The smallest absolute Gasteiger partial charge is 0.270 e. The highest BCUT2D eigenvalue weighted by Gasteiger charge is 2.27. The number of H-pyrrole nitrogens is 1. The Kier molecular flexibility index (Phi) is 3.37. The molecule has 4 rings (SSSR count). The quantitative estimate of drug-likeness (QED) is 0.790. The van der Waals surface area contributed by atoms with Crippen molar-refractivity contribution < 1.29 is 4.79 Å². The van der Waals surface area contributed by atoms with Crippen LogP contribution in [0.2, 0.25) is 0 Å². The van der Waals surface area contributed by atoms with Gasteiger partial charge in [0.25, 0.3) is 5.91 Å². The first-order valence-electron chi connectivity index (χ1n) is 7.93. The van der Waals surface area contributed by atoms with Gasteiger partial charge in [-0.2, -0.15) is 5.10 Å². The zero-order valence-corrected chi connectivity index (χ0v) is 13.1. The summed E-state index contributed by atoms with van der Waals surface area (Å²) in [5.41, 5.74) is 2.59. The minimum atomic E-state index is 0.102. The van der Waals surface area contributed by atoms with Crippen LogP contribution in [0.3, 0.4) is 0 Å². The Morgan fingerprint density at radius 3 is 3.09 bits per heavy atom. The fourth-order valence-electron chi connectivity index (χ4n) is 3.32. The predicted molar refractivity (Wildman–Crippen MR) is 87.2 cm³/mol. The molecule has 6 heteroatoms. The summed E-state index contributed by atoms with van der Waals surface area (Å²) in [6, 6.07) is 7.88. The molecular weight excluding hydrogens is 290 g/mol. The van der Waals surface area contributed by atoms with Gasteiger partial charge in [-0.15, -0.1) is 0 Å². The Morgan fingerprint density at radius 2 is 2.26 bits per heavy atom. The summed E-state index contributed by atoms with van der Waals surface area (Å²) in [5, 5.41) is 7.95. The summed E-state index contributed by atoms with van der Waals surface area (Å²) in [5.74, 6) is 0.380. The van der Waals surface area contributed by atoms with Crippen LogP contribution in [0.15, 0.2) is 36.7 Å². The second-order valence-corrected chi connectivity index (χ2v) is 6.14. The van der Waals surface area contributed by atoms with E-state index in [1.165, 1.54) is 0 Å². The lowest BCUT2D eigenvalue weighted by molar-refractivity contribution is 0.0696. The van der Waals surface area contributed by atoms with Crippen LogP contribution < -0.4 is 0 Å². The molecule has 1 atom stereocenters. The van der Waals surface area contributed by atoms with Crippen molar-refractivity contribution in [3.8, 4) is 0 Å². The van der Waals surface area contributed by atoms with E-state index in [1.54, 1.807) is 6.20 Å². The number of rotatable bonds is 2. The molecule has 23 heavy (non-hydrogen) atoms. The van der Waals surface area contributed by atoms with E-state index < -0.39 is 0 Å². The average Bonchev–Trinajstić information content (AvgIpc) is 3.22. The third-order valence-corrected chi connectivity index (χ3v) is 4.61. The maximum atomic E-state index is 12.7. The van der Waals surface area contributed by atoms with Crippen molar-refractivity contribution >= 4 is 16.9 Å². The molecule has 0 radical (unpaired) electrons. The number of carbonyl (C=O) groups is 1. The first-order chi connectivity index (χ1) is 11.2. The lowest BCUT2D eigenvalue weighted by Gasteiger charge is -2.32. The Morgan fingerprint density at radius 1 is 1.35 bits per heavy atom. The van der Waals surface area contributed by atoms with Gasteiger partial charge in [-0.1, -0.05) is 0 Å². The molecule has 1 amide bonds. The summed E-state index contributed by atoms with van der Waals surface area (Å²) < 4.78 is 1.88. The molecule has 1 N–H and O–H groups in total. The second-order valence-electron chi connectivity index (χ2n) is 6.14. The first-order valence-corrected chi connectivity index (χ1v) is 7.93. The zero-order chi connectivity index (χ0) is 15.8. The number of hydrogen-bond acceptors (Lipinski definition) is 3. The molecule has 4 heterocycles. The van der Waals surface area contributed by atoms with Gasteiger partial charge < -0.3 is 9.47 Å². The summed E-state index contributed by atoms with van der Waals surface area (Å²) in [4.78, 5) is 19.3. The van der Waals surface area contributed by atoms with Crippen LogP contribution in [0.1, 0.15) is 34.9 Å². The molecule has 0 unspecified atom stereocenters. The van der Waals surface area contributed by atoms with Crippen molar-refractivity contribution in [2.45, 2.75) is 18.8 Å². The number of aromatic amines is 1. The topological polar surface area (TPSA) is 66.8 Å². The number of likely N-dealkylation sites (tertiary alicyclic amines) is 1. The van der Waals surface area contributed by atoms with Gasteiger partial charge in [0, 0.05) is 43.3 Å². The number of amides is 1. The molecule has 1 saturated heterocycles. The fourth-order valence-corrected chi connectivity index (χ4v) is 3.32. The van der Waals surface area contributed by atoms with Gasteiger partial charge in [0.1, 0.15) is 5.69 Å².